The van der Waals surface area contributed by atoms with Crippen molar-refractivity contribution in [3.63, 3.8) is 0 Å². The number of nitrogens with zero attached hydrogens (tertiary/aromatic N) is 1. The first-order valence-electron chi connectivity index (χ1n) is 7.84. The number of aryl methyl sites for hydroxylation is 1. The lowest BCUT2D eigenvalue weighted by Gasteiger charge is -2.23. The van der Waals surface area contributed by atoms with Crippen LogP contribution in [0.3, 0.4) is 0 Å². The first-order valence-corrected chi connectivity index (χ1v) is 7.84. The van der Waals surface area contributed by atoms with E-state index in [9.17, 15) is 14.4 Å². The number of hydrogen-bond acceptors (Lipinski definition) is 3. The summed E-state index contributed by atoms with van der Waals surface area (Å²) in [5.41, 5.74) is 1.85. The number of urea groups is 1. The van der Waals surface area contributed by atoms with Gasteiger partial charge in [0.25, 0.3) is 5.91 Å². The zero-order valence-corrected chi connectivity index (χ0v) is 14.0. The molecule has 124 valence electrons. The first kappa shape index (κ1) is 17.0. The van der Waals surface area contributed by atoms with Crippen LogP contribution in [-0.2, 0) is 9.59 Å². The molecule has 0 unspecified atom stereocenters. The molecule has 0 radical (unpaired) electrons. The lowest BCUT2D eigenvalue weighted by molar-refractivity contribution is -0.134. The van der Waals surface area contributed by atoms with Crippen LogP contribution < -0.4 is 10.6 Å². The van der Waals surface area contributed by atoms with Crippen LogP contribution in [-0.4, -0.2) is 34.8 Å². The number of amides is 4. The largest absolute Gasteiger partial charge is 0.325 e. The molecule has 4 amide bonds. The van der Waals surface area contributed by atoms with Crippen LogP contribution in [0.25, 0.3) is 0 Å². The average Bonchev–Trinajstić information content (AvgIpc) is 2.76. The summed E-state index contributed by atoms with van der Waals surface area (Å²) in [5.74, 6) is -0.714. The first-order chi connectivity index (χ1) is 10.8. The van der Waals surface area contributed by atoms with Crippen LogP contribution in [0.4, 0.5) is 10.5 Å². The summed E-state index contributed by atoms with van der Waals surface area (Å²) in [5, 5.41) is 5.48. The predicted molar refractivity (Wildman–Crippen MR) is 88.1 cm³/mol. The maximum atomic E-state index is 12.5. The number of imide groups is 1. The van der Waals surface area contributed by atoms with Gasteiger partial charge in [0.2, 0.25) is 5.91 Å². The van der Waals surface area contributed by atoms with Crippen LogP contribution in [0.2, 0.25) is 0 Å². The molecule has 1 fully saturated rings. The number of rotatable bonds is 5. The Balaban J connectivity index is 2.10. The van der Waals surface area contributed by atoms with E-state index in [1.54, 1.807) is 6.07 Å². The van der Waals surface area contributed by atoms with Crippen molar-refractivity contribution in [3.8, 4) is 0 Å². The van der Waals surface area contributed by atoms with Gasteiger partial charge in [0.15, 0.2) is 0 Å². The summed E-state index contributed by atoms with van der Waals surface area (Å²) in [6, 6.07) is 5.10. The van der Waals surface area contributed by atoms with E-state index in [0.29, 0.717) is 18.5 Å². The second-order valence-electron chi connectivity index (χ2n) is 5.91. The Morgan fingerprint density at radius 1 is 1.22 bits per heavy atom. The van der Waals surface area contributed by atoms with Crippen LogP contribution >= 0.6 is 0 Å². The van der Waals surface area contributed by atoms with Gasteiger partial charge < -0.3 is 10.6 Å². The quantitative estimate of drug-likeness (QED) is 0.818. The highest BCUT2D eigenvalue weighted by molar-refractivity contribution is 6.10. The van der Waals surface area contributed by atoms with Gasteiger partial charge in [-0.25, -0.2) is 4.79 Å². The highest BCUT2D eigenvalue weighted by Gasteiger charge is 2.49. The molecule has 0 aliphatic carbocycles. The van der Waals surface area contributed by atoms with Crippen molar-refractivity contribution in [1.29, 1.82) is 0 Å². The van der Waals surface area contributed by atoms with Crippen molar-refractivity contribution in [2.45, 2.75) is 46.1 Å². The van der Waals surface area contributed by atoms with Crippen molar-refractivity contribution < 1.29 is 14.4 Å². The molecule has 1 aromatic rings. The minimum absolute atomic E-state index is 0.278. The molecule has 0 aromatic heterocycles. The fraction of sp³-hybridized carbons (Fsp3) is 0.471. The summed E-state index contributed by atoms with van der Waals surface area (Å²) in [6.45, 7) is 7.29. The maximum absolute atomic E-state index is 12.5. The highest BCUT2D eigenvalue weighted by Crippen LogP contribution is 2.25. The van der Waals surface area contributed by atoms with Crippen molar-refractivity contribution in [3.05, 3.63) is 29.3 Å². The molecule has 0 bridgehead atoms. The highest BCUT2D eigenvalue weighted by atomic mass is 16.2. The van der Waals surface area contributed by atoms with E-state index in [4.69, 9.17) is 0 Å². The van der Waals surface area contributed by atoms with E-state index in [-0.39, 0.29) is 18.4 Å². The summed E-state index contributed by atoms with van der Waals surface area (Å²) in [4.78, 5) is 37.7. The number of carbonyl (C=O) groups excluding carboxylic acids is 3. The van der Waals surface area contributed by atoms with Crippen LogP contribution in [0.5, 0.6) is 0 Å². The number of hydrogen-bond donors (Lipinski definition) is 2. The average molecular weight is 317 g/mol. The van der Waals surface area contributed by atoms with Gasteiger partial charge in [0, 0.05) is 5.69 Å². The van der Waals surface area contributed by atoms with Gasteiger partial charge in [-0.3, -0.25) is 14.5 Å². The molecule has 1 aliphatic heterocycles. The van der Waals surface area contributed by atoms with E-state index in [2.05, 4.69) is 10.6 Å². The lowest BCUT2D eigenvalue weighted by Crippen LogP contribution is -2.46. The molecule has 0 spiro atoms. The molecular formula is C17H23N3O3. The molecule has 2 N–H and O–H groups in total. The fourth-order valence-electron chi connectivity index (χ4n) is 2.77. The smallest absolute Gasteiger partial charge is 0.324 e. The summed E-state index contributed by atoms with van der Waals surface area (Å²) in [7, 11) is 0. The van der Waals surface area contributed by atoms with Gasteiger partial charge in [-0.15, -0.1) is 0 Å². The molecule has 6 nitrogen and oxygen atoms in total. The third-order valence-electron chi connectivity index (χ3n) is 4.63. The maximum Gasteiger partial charge on any atom is 0.325 e. The van der Waals surface area contributed by atoms with Crippen molar-refractivity contribution in [2.24, 2.45) is 0 Å². The normalized spacial score (nSPS) is 16.4. The summed E-state index contributed by atoms with van der Waals surface area (Å²) in [6.07, 6.45) is 1.01. The van der Waals surface area contributed by atoms with E-state index in [1.165, 1.54) is 0 Å². The lowest BCUT2D eigenvalue weighted by atomic mass is 9.93. The second kappa shape index (κ2) is 6.40. The predicted octanol–water partition coefficient (Wildman–Crippen LogP) is 2.35. The Morgan fingerprint density at radius 2 is 1.87 bits per heavy atom. The van der Waals surface area contributed by atoms with Crippen molar-refractivity contribution >= 4 is 23.5 Å². The van der Waals surface area contributed by atoms with Crippen molar-refractivity contribution in [2.75, 3.05) is 11.9 Å². The molecule has 23 heavy (non-hydrogen) atoms. The zero-order chi connectivity index (χ0) is 17.2. The molecule has 0 saturated carbocycles. The minimum atomic E-state index is -0.878. The Hall–Kier alpha value is -2.37. The zero-order valence-electron chi connectivity index (χ0n) is 14.0. The second-order valence-corrected chi connectivity index (χ2v) is 5.91. The molecule has 2 rings (SSSR count). The summed E-state index contributed by atoms with van der Waals surface area (Å²) >= 11 is 0. The number of benzene rings is 1. The molecule has 6 heteroatoms. The van der Waals surface area contributed by atoms with Crippen molar-refractivity contribution in [1.82, 2.24) is 10.2 Å². The topological polar surface area (TPSA) is 78.5 Å². The Morgan fingerprint density at radius 3 is 2.43 bits per heavy atom. The van der Waals surface area contributed by atoms with Gasteiger partial charge >= 0.3 is 6.03 Å². The Bertz CT molecular complexity index is 650. The number of nitrogens with one attached hydrogen (secondary N) is 2. The van der Waals surface area contributed by atoms with Gasteiger partial charge in [0.1, 0.15) is 12.1 Å². The fourth-order valence-corrected chi connectivity index (χ4v) is 2.77. The third-order valence-corrected chi connectivity index (χ3v) is 4.63. The monoisotopic (exact) mass is 317 g/mol. The molecule has 1 aromatic carbocycles. The molecule has 1 aliphatic rings. The molecule has 1 saturated heterocycles. The number of anilines is 1. The molecule has 1 heterocycles. The van der Waals surface area contributed by atoms with E-state index < -0.39 is 11.6 Å². The molecular weight excluding hydrogens is 294 g/mol. The molecule has 0 atom stereocenters. The van der Waals surface area contributed by atoms with Crippen LogP contribution in [0.15, 0.2) is 18.2 Å². The summed E-state index contributed by atoms with van der Waals surface area (Å²) < 4.78 is 0. The third kappa shape index (κ3) is 3.06. The van der Waals surface area contributed by atoms with E-state index in [0.717, 1.165) is 16.0 Å². The van der Waals surface area contributed by atoms with E-state index >= 15 is 0 Å². The van der Waals surface area contributed by atoms with E-state index in [1.807, 2.05) is 39.8 Å². The SMILES string of the molecule is CCC1(CC)NC(=O)N(CC(=O)Nc2cccc(C)c2C)C1=O. The van der Waals surface area contributed by atoms with Crippen LogP contribution in [0, 0.1) is 13.8 Å². The van der Waals surface area contributed by atoms with Crippen LogP contribution in [0.1, 0.15) is 37.8 Å². The Labute approximate surface area is 136 Å². The van der Waals surface area contributed by atoms with Gasteiger partial charge in [0.05, 0.1) is 0 Å². The Kier molecular flexibility index (Phi) is 4.73. The van der Waals surface area contributed by atoms with Gasteiger partial charge in [-0.2, -0.15) is 0 Å². The van der Waals surface area contributed by atoms with Gasteiger partial charge in [-0.05, 0) is 43.9 Å². The number of carbonyl (C=O) groups is 3. The standard InChI is InChI=1S/C17H23N3O3/c1-5-17(6-2)15(22)20(16(23)19-17)10-14(21)18-13-9-7-8-11(3)12(13)4/h7-9H,5-6,10H2,1-4H3,(H,18,21)(H,19,23). The van der Waals surface area contributed by atoms with Gasteiger partial charge in [-0.1, -0.05) is 26.0 Å². The minimum Gasteiger partial charge on any atom is -0.324 e.